The second-order valence-corrected chi connectivity index (χ2v) is 5.92. The van der Waals surface area contributed by atoms with Gasteiger partial charge in [-0.2, -0.15) is 0 Å². The molecule has 0 fully saturated rings. The molecule has 0 atom stereocenters. The van der Waals surface area contributed by atoms with Gasteiger partial charge in [0.05, 0.1) is 34.1 Å². The summed E-state index contributed by atoms with van der Waals surface area (Å²) in [4.78, 5) is 30.2. The molecule has 0 aliphatic carbocycles. The monoisotopic (exact) mass is 358 g/mol. The molecule has 2 aromatic carbocycles. The fraction of sp³-hybridized carbons (Fsp3) is 0.0556. The van der Waals surface area contributed by atoms with Gasteiger partial charge in [0, 0.05) is 11.6 Å². The first-order chi connectivity index (χ1) is 12.0. The van der Waals surface area contributed by atoms with E-state index in [4.69, 9.17) is 11.6 Å². The predicted molar refractivity (Wildman–Crippen MR) is 87.6 cm³/mol. The van der Waals surface area contributed by atoms with Crippen LogP contribution >= 0.6 is 11.6 Å². The van der Waals surface area contributed by atoms with E-state index in [1.807, 2.05) is 0 Å². The summed E-state index contributed by atoms with van der Waals surface area (Å²) in [6.45, 7) is -0.0452. The van der Waals surface area contributed by atoms with Crippen molar-refractivity contribution in [1.82, 2.24) is 4.90 Å². The highest BCUT2D eigenvalue weighted by molar-refractivity contribution is 6.47. The number of rotatable bonds is 2. The van der Waals surface area contributed by atoms with Gasteiger partial charge in [-0.3, -0.25) is 14.6 Å². The third kappa shape index (κ3) is 2.29. The van der Waals surface area contributed by atoms with Crippen molar-refractivity contribution < 1.29 is 18.4 Å². The van der Waals surface area contributed by atoms with Gasteiger partial charge >= 0.3 is 0 Å². The van der Waals surface area contributed by atoms with Crippen LogP contribution < -0.4 is 0 Å². The number of carbonyl (C=O) groups excluding carboxylic acids is 2. The molecule has 0 aromatic heterocycles. The van der Waals surface area contributed by atoms with Crippen LogP contribution in [0.2, 0.25) is 0 Å². The average Bonchev–Trinajstić information content (AvgIpc) is 3.07. The number of nitrogens with zero attached hydrogens (tertiary/aromatic N) is 2. The lowest BCUT2D eigenvalue weighted by molar-refractivity contribution is 0.0703. The third-order valence-corrected chi connectivity index (χ3v) is 4.50. The third-order valence-electron chi connectivity index (χ3n) is 4.10. The van der Waals surface area contributed by atoms with Crippen LogP contribution in [-0.4, -0.2) is 29.0 Å². The van der Waals surface area contributed by atoms with Crippen LogP contribution in [0.5, 0.6) is 0 Å². The Morgan fingerprint density at radius 2 is 1.60 bits per heavy atom. The highest BCUT2D eigenvalue weighted by atomic mass is 35.5. The van der Waals surface area contributed by atoms with Crippen molar-refractivity contribution in [3.8, 4) is 0 Å². The number of halogens is 3. The number of imide groups is 1. The standard InChI is InChI=1S/C18H9ClF2N2O2/c19-15-14(8-22-16(15)12-6-5-9(20)7-13(12)21)23-17(24)10-3-1-2-4-11(10)18(23)25/h1-7H,8H2. The number of carbonyl (C=O) groups is 2. The number of benzene rings is 2. The van der Waals surface area contributed by atoms with Crippen LogP contribution in [0.15, 0.2) is 58.2 Å². The van der Waals surface area contributed by atoms with Crippen LogP contribution in [0.25, 0.3) is 0 Å². The molecule has 0 saturated carbocycles. The topological polar surface area (TPSA) is 49.7 Å². The van der Waals surface area contributed by atoms with Gasteiger partial charge in [0.15, 0.2) is 0 Å². The van der Waals surface area contributed by atoms with E-state index >= 15 is 0 Å². The van der Waals surface area contributed by atoms with Crippen molar-refractivity contribution in [3.63, 3.8) is 0 Å². The van der Waals surface area contributed by atoms with Crippen LogP contribution in [0.3, 0.4) is 0 Å². The summed E-state index contributed by atoms with van der Waals surface area (Å²) in [5, 5.41) is 0.0000132. The molecule has 4 rings (SSSR count). The fourth-order valence-corrected chi connectivity index (χ4v) is 3.22. The lowest BCUT2D eigenvalue weighted by Gasteiger charge is -2.15. The minimum Gasteiger partial charge on any atom is -0.277 e. The van der Waals surface area contributed by atoms with E-state index in [0.717, 1.165) is 17.0 Å². The Balaban J connectivity index is 1.75. The average molecular weight is 359 g/mol. The van der Waals surface area contributed by atoms with Crippen molar-refractivity contribution in [1.29, 1.82) is 0 Å². The zero-order valence-electron chi connectivity index (χ0n) is 12.6. The molecule has 0 N–H and O–H groups in total. The molecule has 2 amide bonds. The van der Waals surface area contributed by atoms with E-state index in [0.29, 0.717) is 0 Å². The molecule has 4 nitrogen and oxygen atoms in total. The SMILES string of the molecule is O=C1c2ccccc2C(=O)N1C1=C(Cl)C(c2ccc(F)cc2F)=NC1. The van der Waals surface area contributed by atoms with Gasteiger partial charge in [0.2, 0.25) is 0 Å². The summed E-state index contributed by atoms with van der Waals surface area (Å²) in [5.74, 6) is -2.53. The number of hydrogen-bond donors (Lipinski definition) is 0. The Hall–Kier alpha value is -2.86. The summed E-state index contributed by atoms with van der Waals surface area (Å²) < 4.78 is 27.1. The number of fused-ring (bicyclic) bond motifs is 1. The molecule has 0 unspecified atom stereocenters. The second-order valence-electron chi connectivity index (χ2n) is 5.54. The first-order valence-corrected chi connectivity index (χ1v) is 7.73. The molecule has 0 saturated heterocycles. The zero-order chi connectivity index (χ0) is 17.7. The lowest BCUT2D eigenvalue weighted by atomic mass is 10.1. The van der Waals surface area contributed by atoms with Gasteiger partial charge in [-0.05, 0) is 24.3 Å². The van der Waals surface area contributed by atoms with Crippen molar-refractivity contribution in [2.45, 2.75) is 0 Å². The molecular weight excluding hydrogens is 350 g/mol. The van der Waals surface area contributed by atoms with Crippen LogP contribution in [0.4, 0.5) is 8.78 Å². The summed E-state index contributed by atoms with van der Waals surface area (Å²) in [7, 11) is 0. The van der Waals surface area contributed by atoms with E-state index in [1.165, 1.54) is 6.07 Å². The molecule has 0 spiro atoms. The minimum absolute atomic E-state index is 0.0000132. The lowest BCUT2D eigenvalue weighted by Crippen LogP contribution is -2.30. The van der Waals surface area contributed by atoms with E-state index in [-0.39, 0.29) is 39.7 Å². The fourth-order valence-electron chi connectivity index (χ4n) is 2.92. The molecule has 0 bridgehead atoms. The maximum atomic E-state index is 14.0. The largest absolute Gasteiger partial charge is 0.277 e. The van der Waals surface area contributed by atoms with E-state index < -0.39 is 23.4 Å². The summed E-state index contributed by atoms with van der Waals surface area (Å²) in [6, 6.07) is 9.47. The molecule has 0 radical (unpaired) electrons. The Morgan fingerprint density at radius 1 is 0.960 bits per heavy atom. The summed E-state index contributed by atoms with van der Waals surface area (Å²) in [5.41, 5.74) is 0.854. The predicted octanol–water partition coefficient (Wildman–Crippen LogP) is 3.51. The molecule has 2 aromatic rings. The Kier molecular flexibility index (Phi) is 3.51. The molecular formula is C18H9ClF2N2O2. The zero-order valence-corrected chi connectivity index (χ0v) is 13.3. The van der Waals surface area contributed by atoms with Gasteiger partial charge in [0.25, 0.3) is 11.8 Å². The van der Waals surface area contributed by atoms with Crippen molar-refractivity contribution in [2.24, 2.45) is 4.99 Å². The van der Waals surface area contributed by atoms with Crippen LogP contribution in [0.1, 0.15) is 26.3 Å². The normalized spacial score (nSPS) is 16.6. The van der Waals surface area contributed by atoms with Gasteiger partial charge in [-0.1, -0.05) is 23.7 Å². The quantitative estimate of drug-likeness (QED) is 0.771. The number of hydrogen-bond acceptors (Lipinski definition) is 3. The number of allylic oxidation sites excluding steroid dienone is 1. The maximum absolute atomic E-state index is 14.0. The van der Waals surface area contributed by atoms with Crippen LogP contribution in [0, 0.1) is 11.6 Å². The highest BCUT2D eigenvalue weighted by Gasteiger charge is 2.40. The molecule has 2 aliphatic rings. The Labute approximate surface area is 146 Å². The molecule has 2 aliphatic heterocycles. The van der Waals surface area contributed by atoms with Crippen molar-refractivity contribution in [3.05, 3.63) is 81.5 Å². The van der Waals surface area contributed by atoms with Crippen LogP contribution in [-0.2, 0) is 0 Å². The number of amides is 2. The van der Waals surface area contributed by atoms with E-state index in [9.17, 15) is 18.4 Å². The van der Waals surface area contributed by atoms with Gasteiger partial charge in [-0.25, -0.2) is 13.7 Å². The smallest absolute Gasteiger partial charge is 0.265 e. The Bertz CT molecular complexity index is 979. The van der Waals surface area contributed by atoms with Gasteiger partial charge in [-0.15, -0.1) is 0 Å². The van der Waals surface area contributed by atoms with E-state index in [1.54, 1.807) is 24.3 Å². The first-order valence-electron chi connectivity index (χ1n) is 7.35. The number of aliphatic imine (C=N–C) groups is 1. The maximum Gasteiger partial charge on any atom is 0.265 e. The van der Waals surface area contributed by atoms with Gasteiger partial charge < -0.3 is 0 Å². The van der Waals surface area contributed by atoms with Gasteiger partial charge in [0.1, 0.15) is 11.6 Å². The van der Waals surface area contributed by atoms with Crippen molar-refractivity contribution in [2.75, 3.05) is 6.54 Å². The second kappa shape index (κ2) is 5.60. The van der Waals surface area contributed by atoms with E-state index in [2.05, 4.69) is 4.99 Å². The first kappa shape index (κ1) is 15.7. The molecule has 2 heterocycles. The van der Waals surface area contributed by atoms with Crippen molar-refractivity contribution >= 4 is 29.1 Å². The molecule has 124 valence electrons. The highest BCUT2D eigenvalue weighted by Crippen LogP contribution is 2.33. The summed E-state index contributed by atoms with van der Waals surface area (Å²) in [6.07, 6.45) is 0. The Morgan fingerprint density at radius 3 is 2.20 bits per heavy atom. The molecule has 7 heteroatoms. The summed E-state index contributed by atoms with van der Waals surface area (Å²) >= 11 is 6.29. The molecule has 25 heavy (non-hydrogen) atoms. The minimum atomic E-state index is -0.819.